The van der Waals surface area contributed by atoms with E-state index in [2.05, 4.69) is 11.4 Å². The van der Waals surface area contributed by atoms with Gasteiger partial charge in [0.15, 0.2) is 21.4 Å². The highest BCUT2D eigenvalue weighted by Crippen LogP contribution is 2.50. The molecule has 0 spiro atoms. The topological polar surface area (TPSA) is 117 Å². The van der Waals surface area contributed by atoms with Crippen LogP contribution in [0.2, 0.25) is 0 Å². The summed E-state index contributed by atoms with van der Waals surface area (Å²) >= 11 is 0. The van der Waals surface area contributed by atoms with E-state index in [1.807, 2.05) is 6.07 Å². The highest BCUT2D eigenvalue weighted by atomic mass is 32.2. The molecule has 3 aliphatic rings. The average molecular weight is 551 g/mol. The van der Waals surface area contributed by atoms with E-state index in [0.717, 1.165) is 16.5 Å². The second-order valence-electron chi connectivity index (χ2n) is 10.8. The predicted octanol–water partition coefficient (Wildman–Crippen LogP) is 5.80. The van der Waals surface area contributed by atoms with Crippen LogP contribution in [0.4, 0.5) is 8.78 Å². The third-order valence-electron chi connectivity index (χ3n) is 8.13. The molecule has 0 radical (unpaired) electrons. The van der Waals surface area contributed by atoms with Crippen molar-refractivity contribution in [2.75, 3.05) is 0 Å². The molecule has 1 N–H and O–H groups in total. The van der Waals surface area contributed by atoms with Crippen LogP contribution in [0, 0.1) is 16.7 Å². The third-order valence-corrected chi connectivity index (χ3v) is 9.61. The lowest BCUT2D eigenvalue weighted by Gasteiger charge is -2.39. The highest BCUT2D eigenvalue weighted by Gasteiger charge is 2.53. The zero-order chi connectivity index (χ0) is 27.6. The standard InChI is InChI=1S/C29H24F2N2O5S/c30-29(31)10-8-28(9-11-29,25(34)16-27(17-32)6-7-27)33-26(35)23-15-20-2-1-19(14-22(20)38-23)18-3-4-24-21(13-18)5-12-39(24,36)37/h1-5,12-15H,6-11,16H2,(H,33,35). The summed E-state index contributed by atoms with van der Waals surface area (Å²) in [5.41, 5.74) is 0.258. The van der Waals surface area contributed by atoms with E-state index in [4.69, 9.17) is 4.42 Å². The van der Waals surface area contributed by atoms with Gasteiger partial charge < -0.3 is 9.73 Å². The molecule has 1 amide bonds. The lowest BCUT2D eigenvalue weighted by molar-refractivity contribution is -0.131. The molecular formula is C29H24F2N2O5S. The quantitative estimate of drug-likeness (QED) is 0.415. The van der Waals surface area contributed by atoms with Crippen LogP contribution in [-0.2, 0) is 14.6 Å². The number of carbonyl (C=O) groups is 2. The number of fused-ring (bicyclic) bond motifs is 2. The minimum absolute atomic E-state index is 0.0592. The number of sulfone groups is 1. The number of ketones is 1. The number of amides is 1. The average Bonchev–Trinajstić information content (AvgIpc) is 3.43. The first-order chi connectivity index (χ1) is 18.4. The van der Waals surface area contributed by atoms with Crippen LogP contribution in [0.15, 0.2) is 57.2 Å². The van der Waals surface area contributed by atoms with Crippen LogP contribution in [0.25, 0.3) is 28.2 Å². The molecule has 0 bridgehead atoms. The predicted molar refractivity (Wildman–Crippen MR) is 138 cm³/mol. The van der Waals surface area contributed by atoms with Gasteiger partial charge in [0, 0.05) is 30.1 Å². The number of nitriles is 1. The summed E-state index contributed by atoms with van der Waals surface area (Å²) < 4.78 is 57.9. The van der Waals surface area contributed by atoms with Gasteiger partial charge in [-0.3, -0.25) is 9.59 Å². The Morgan fingerprint density at radius 1 is 0.974 bits per heavy atom. The molecule has 39 heavy (non-hydrogen) atoms. The molecule has 200 valence electrons. The van der Waals surface area contributed by atoms with E-state index >= 15 is 0 Å². The number of nitrogens with one attached hydrogen (secondary N) is 1. The van der Waals surface area contributed by atoms with Crippen LogP contribution in [0.1, 0.15) is 61.1 Å². The Hall–Kier alpha value is -3.84. The number of alkyl halides is 2. The first kappa shape index (κ1) is 25.4. The van der Waals surface area contributed by atoms with E-state index in [-0.39, 0.29) is 29.9 Å². The van der Waals surface area contributed by atoms with Gasteiger partial charge in [-0.25, -0.2) is 17.2 Å². The van der Waals surface area contributed by atoms with Crippen LogP contribution >= 0.6 is 0 Å². The maximum absolute atomic E-state index is 14.0. The van der Waals surface area contributed by atoms with E-state index in [9.17, 15) is 32.0 Å². The van der Waals surface area contributed by atoms with E-state index < -0.39 is 51.2 Å². The fraction of sp³-hybridized carbons (Fsp3) is 0.345. The van der Waals surface area contributed by atoms with Gasteiger partial charge in [0.1, 0.15) is 5.58 Å². The van der Waals surface area contributed by atoms with Gasteiger partial charge >= 0.3 is 0 Å². The molecule has 2 saturated carbocycles. The fourth-order valence-electron chi connectivity index (χ4n) is 5.43. The number of hydrogen-bond acceptors (Lipinski definition) is 6. The van der Waals surface area contributed by atoms with E-state index in [1.54, 1.807) is 36.4 Å². The van der Waals surface area contributed by atoms with Crippen molar-refractivity contribution in [3.63, 3.8) is 0 Å². The number of rotatable bonds is 6. The summed E-state index contributed by atoms with van der Waals surface area (Å²) in [6, 6.07) is 14.0. The molecule has 3 aromatic rings. The highest BCUT2D eigenvalue weighted by molar-refractivity contribution is 7.94. The van der Waals surface area contributed by atoms with Gasteiger partial charge in [-0.1, -0.05) is 18.2 Å². The van der Waals surface area contributed by atoms with Crippen molar-refractivity contribution in [3.05, 3.63) is 59.2 Å². The number of nitrogens with zero attached hydrogens (tertiary/aromatic N) is 1. The second kappa shape index (κ2) is 8.58. The molecule has 0 saturated heterocycles. The molecule has 1 aromatic heterocycles. The molecule has 6 rings (SSSR count). The Bertz CT molecular complexity index is 1720. The Morgan fingerprint density at radius 2 is 1.67 bits per heavy atom. The van der Waals surface area contributed by atoms with Gasteiger partial charge in [-0.2, -0.15) is 5.26 Å². The molecular weight excluding hydrogens is 526 g/mol. The number of halogens is 2. The largest absolute Gasteiger partial charge is 0.451 e. The van der Waals surface area contributed by atoms with Crippen molar-refractivity contribution in [1.82, 2.24) is 5.32 Å². The van der Waals surface area contributed by atoms with Crippen LogP contribution in [0.3, 0.4) is 0 Å². The Kier molecular flexibility index (Phi) is 5.60. The molecule has 2 aromatic carbocycles. The number of Topliss-reactive ketones (excluding diaryl/α,β-unsaturated/α-hetero) is 1. The smallest absolute Gasteiger partial charge is 0.287 e. The van der Waals surface area contributed by atoms with Crippen LogP contribution < -0.4 is 5.32 Å². The van der Waals surface area contributed by atoms with Gasteiger partial charge in [-0.15, -0.1) is 0 Å². The summed E-state index contributed by atoms with van der Waals surface area (Å²) in [6.45, 7) is 0. The summed E-state index contributed by atoms with van der Waals surface area (Å²) in [4.78, 5) is 26.8. The molecule has 2 fully saturated rings. The normalized spacial score (nSPS) is 21.2. The van der Waals surface area contributed by atoms with Crippen molar-refractivity contribution in [2.24, 2.45) is 5.41 Å². The maximum Gasteiger partial charge on any atom is 0.287 e. The fourth-order valence-corrected chi connectivity index (χ4v) is 6.61. The zero-order valence-corrected chi connectivity index (χ0v) is 21.6. The Morgan fingerprint density at radius 3 is 2.36 bits per heavy atom. The minimum Gasteiger partial charge on any atom is -0.451 e. The first-order valence-electron chi connectivity index (χ1n) is 12.7. The van der Waals surface area contributed by atoms with Crippen molar-refractivity contribution >= 4 is 38.6 Å². The number of furan rings is 1. The lowest BCUT2D eigenvalue weighted by atomic mass is 9.74. The lowest BCUT2D eigenvalue weighted by Crippen LogP contribution is -2.58. The number of carbonyl (C=O) groups excluding carboxylic acids is 2. The van der Waals surface area contributed by atoms with Crippen molar-refractivity contribution in [1.29, 1.82) is 5.26 Å². The Labute approximate surface area is 223 Å². The van der Waals surface area contributed by atoms with Crippen molar-refractivity contribution < 1.29 is 31.2 Å². The summed E-state index contributed by atoms with van der Waals surface area (Å²) in [5.74, 6) is -4.04. The van der Waals surface area contributed by atoms with Crippen LogP contribution in [-0.4, -0.2) is 31.6 Å². The number of hydrogen-bond donors (Lipinski definition) is 1. The van der Waals surface area contributed by atoms with Crippen LogP contribution in [0.5, 0.6) is 0 Å². The second-order valence-corrected chi connectivity index (χ2v) is 12.6. The van der Waals surface area contributed by atoms with Gasteiger partial charge in [0.05, 0.1) is 21.9 Å². The first-order valence-corrected chi connectivity index (χ1v) is 14.2. The van der Waals surface area contributed by atoms with Gasteiger partial charge in [0.25, 0.3) is 5.91 Å². The van der Waals surface area contributed by atoms with E-state index in [1.165, 1.54) is 6.07 Å². The monoisotopic (exact) mass is 550 g/mol. The van der Waals surface area contributed by atoms with Crippen molar-refractivity contribution in [2.45, 2.75) is 61.3 Å². The molecule has 1 aliphatic heterocycles. The molecule has 2 heterocycles. The summed E-state index contributed by atoms with van der Waals surface area (Å²) in [6.07, 6.45) is 1.16. The molecule has 0 unspecified atom stereocenters. The summed E-state index contributed by atoms with van der Waals surface area (Å²) in [7, 11) is -3.41. The van der Waals surface area contributed by atoms with Gasteiger partial charge in [0.2, 0.25) is 5.92 Å². The van der Waals surface area contributed by atoms with E-state index in [0.29, 0.717) is 29.4 Å². The maximum atomic E-state index is 14.0. The minimum atomic E-state index is -3.41. The molecule has 2 aliphatic carbocycles. The van der Waals surface area contributed by atoms with Gasteiger partial charge in [-0.05, 0) is 72.7 Å². The number of benzene rings is 2. The zero-order valence-electron chi connectivity index (χ0n) is 20.8. The molecule has 10 heteroatoms. The summed E-state index contributed by atoms with van der Waals surface area (Å²) in [5, 5.41) is 13.9. The molecule has 7 nitrogen and oxygen atoms in total. The SMILES string of the molecule is N#CC1(CC(=O)C2(NC(=O)c3cc4ccc(-c5ccc6c(c5)C=CS6(=O)=O)cc4o3)CCC(F)(F)CC2)CC1. The third kappa shape index (κ3) is 4.55. The molecule has 0 atom stereocenters. The van der Waals surface area contributed by atoms with Crippen molar-refractivity contribution in [3.8, 4) is 17.2 Å². The Balaban J connectivity index is 1.26.